The number of benzene rings is 2. The number of likely N-dealkylation sites (N-methyl/N-ethyl adjacent to an activating group) is 1. The Morgan fingerprint density at radius 3 is 2.43 bits per heavy atom. The lowest BCUT2D eigenvalue weighted by Gasteiger charge is -2.52. The number of Topliss-reactive ketones (excluding diaryl/α,β-unsaturated/α-hetero) is 4. The van der Waals surface area contributed by atoms with Crippen LogP contribution in [0, 0.1) is 23.7 Å². The lowest BCUT2D eigenvalue weighted by Crippen LogP contribution is -2.74. The maximum atomic E-state index is 14.2. The highest BCUT2D eigenvalue weighted by atomic mass is 31.2. The van der Waals surface area contributed by atoms with Gasteiger partial charge in [0.15, 0.2) is 34.7 Å². The van der Waals surface area contributed by atoms with E-state index in [1.807, 2.05) is 28.9 Å². The topological polar surface area (TPSA) is 194 Å². The van der Waals surface area contributed by atoms with Crippen molar-refractivity contribution in [1.82, 2.24) is 9.57 Å². The van der Waals surface area contributed by atoms with E-state index in [0.717, 1.165) is 30.4 Å². The maximum absolute atomic E-state index is 14.2. The molecule has 2 aromatic carbocycles. The average Bonchev–Trinajstić information content (AvgIpc) is 3.06. The third kappa shape index (κ3) is 6.76. The Morgan fingerprint density at radius 1 is 1.08 bits per heavy atom. The predicted octanol–water partition coefficient (Wildman–Crippen LogP) is 3.36. The number of phenolic OH excluding ortho intramolecular Hbond substituents is 1. The van der Waals surface area contributed by atoms with E-state index >= 15 is 0 Å². The summed E-state index contributed by atoms with van der Waals surface area (Å²) >= 11 is 0. The molecule has 0 aromatic heterocycles. The number of nitrogens with two attached hydrogens (primary N) is 1. The molecular weight excluding hydrogens is 677 g/mol. The largest absolute Gasteiger partial charge is 0.507 e. The number of ether oxygens (including phenoxy) is 1. The van der Waals surface area contributed by atoms with Crippen LogP contribution in [0.3, 0.4) is 0 Å². The van der Waals surface area contributed by atoms with E-state index < -0.39 is 71.9 Å². The van der Waals surface area contributed by atoms with Crippen LogP contribution in [-0.2, 0) is 46.0 Å². The summed E-state index contributed by atoms with van der Waals surface area (Å²) in [6.45, 7) is 4.97. The molecule has 4 N–H and O–H groups in total. The third-order valence-electron chi connectivity index (χ3n) is 10.6. The summed E-state index contributed by atoms with van der Waals surface area (Å²) in [5, 5.41) is 22.9. The number of methoxy groups -OCH3 is 1. The first-order valence-electron chi connectivity index (χ1n) is 17.4. The summed E-state index contributed by atoms with van der Waals surface area (Å²) in [7, 11) is 1.26. The van der Waals surface area contributed by atoms with Crippen LogP contribution < -0.4 is 5.73 Å². The van der Waals surface area contributed by atoms with Gasteiger partial charge in [-0.3, -0.25) is 33.4 Å². The highest BCUT2D eigenvalue weighted by molar-refractivity contribution is 7.56. The van der Waals surface area contributed by atoms with Crippen LogP contribution >= 0.6 is 7.52 Å². The van der Waals surface area contributed by atoms with E-state index in [9.17, 15) is 38.8 Å². The molecule has 0 aliphatic heterocycles. The second kappa shape index (κ2) is 15.2. The number of amides is 1. The van der Waals surface area contributed by atoms with Crippen LogP contribution in [0.1, 0.15) is 61.0 Å². The number of carbonyl (C=O) groups is 5. The number of ketones is 4. The molecule has 3 aliphatic carbocycles. The van der Waals surface area contributed by atoms with Crippen molar-refractivity contribution in [3.63, 3.8) is 0 Å². The van der Waals surface area contributed by atoms with Gasteiger partial charge in [0.25, 0.3) is 7.52 Å². The fraction of sp³-hybridized carbons (Fsp3) is 0.541. The Bertz CT molecular complexity index is 1770. The van der Waals surface area contributed by atoms with E-state index in [2.05, 4.69) is 6.92 Å². The summed E-state index contributed by atoms with van der Waals surface area (Å²) in [6, 6.07) is 9.44. The Morgan fingerprint density at radius 2 is 1.80 bits per heavy atom. The van der Waals surface area contributed by atoms with Crippen LogP contribution in [0.15, 0.2) is 36.4 Å². The first-order valence-corrected chi connectivity index (χ1v) is 19.2. The van der Waals surface area contributed by atoms with Crippen molar-refractivity contribution in [3.05, 3.63) is 53.1 Å². The summed E-state index contributed by atoms with van der Waals surface area (Å²) in [5.41, 5.74) is 5.24. The molecule has 0 radical (unpaired) electrons. The van der Waals surface area contributed by atoms with Gasteiger partial charge in [0, 0.05) is 26.1 Å². The molecule has 0 saturated heterocycles. The number of nitrogens with zero attached hydrogens (tertiary/aromatic N) is 2. The molecule has 0 bridgehead atoms. The molecule has 3 unspecified atom stereocenters. The van der Waals surface area contributed by atoms with Crippen molar-refractivity contribution in [1.29, 1.82) is 0 Å². The van der Waals surface area contributed by atoms with Crippen molar-refractivity contribution in [3.8, 4) is 16.9 Å². The molecule has 5 rings (SSSR count). The third-order valence-corrected chi connectivity index (χ3v) is 13.1. The average molecular weight is 726 g/mol. The lowest BCUT2D eigenvalue weighted by atomic mass is 9.52. The number of unbranched alkanes of at least 4 members (excludes halogenated alkanes) is 2. The smallest absolute Gasteiger partial charge is 0.297 e. The normalized spacial score (nSPS) is 27.3. The minimum absolute atomic E-state index is 0.0437. The Balaban J connectivity index is 1.55. The summed E-state index contributed by atoms with van der Waals surface area (Å²) in [5.74, 6) is -11.0. The quantitative estimate of drug-likeness (QED) is 0.146. The molecular formula is C37H48N3O10P. The van der Waals surface area contributed by atoms with Crippen molar-refractivity contribution in [2.75, 3.05) is 40.7 Å². The zero-order valence-corrected chi connectivity index (χ0v) is 30.7. The summed E-state index contributed by atoms with van der Waals surface area (Å²) < 4.78 is 26.9. The molecule has 1 amide bonds. The van der Waals surface area contributed by atoms with Crippen molar-refractivity contribution in [2.24, 2.45) is 29.4 Å². The van der Waals surface area contributed by atoms with Crippen LogP contribution in [-0.4, -0.2) is 101 Å². The number of primary amides is 1. The van der Waals surface area contributed by atoms with Crippen molar-refractivity contribution in [2.45, 2.75) is 64.1 Å². The van der Waals surface area contributed by atoms with E-state index in [0.29, 0.717) is 24.2 Å². The lowest BCUT2D eigenvalue weighted by molar-refractivity contribution is -0.181. The number of hydrogen-bond acceptors (Lipinski definition) is 11. The SMILES string of the molecule is CCCCCN(Cc1cccc(-c2ccc(O)c3c2C[C@H]2C[C@@H]4[C@@H](N(C)C)C(=O)C(C(N)=O)C(=O)[C@@]4(O)C(=O)C2C3=O)c1)P(=O)(COC)OCC. The Kier molecular flexibility index (Phi) is 11.5. The zero-order chi connectivity index (χ0) is 37.4. The van der Waals surface area contributed by atoms with Gasteiger partial charge >= 0.3 is 0 Å². The molecule has 3 aliphatic rings. The molecule has 0 heterocycles. The molecule has 51 heavy (non-hydrogen) atoms. The first kappa shape index (κ1) is 38.6. The Labute approximate surface area is 298 Å². The van der Waals surface area contributed by atoms with Crippen LogP contribution in [0.5, 0.6) is 5.75 Å². The summed E-state index contributed by atoms with van der Waals surface area (Å²) in [4.78, 5) is 69.1. The molecule has 2 saturated carbocycles. The summed E-state index contributed by atoms with van der Waals surface area (Å²) in [6.07, 6.45) is 2.79. The van der Waals surface area contributed by atoms with Gasteiger partial charge in [-0.1, -0.05) is 44.0 Å². The first-order chi connectivity index (χ1) is 24.2. The van der Waals surface area contributed by atoms with Crippen LogP contribution in [0.4, 0.5) is 0 Å². The number of hydrogen-bond donors (Lipinski definition) is 3. The fourth-order valence-corrected chi connectivity index (χ4v) is 10.3. The van der Waals surface area contributed by atoms with Gasteiger partial charge in [-0.25, -0.2) is 4.67 Å². The fourth-order valence-electron chi connectivity index (χ4n) is 8.37. The minimum atomic E-state index is -3.32. The standard InChI is InChI=1S/C37H48N3O10P/c1-6-8-9-15-40(51(48,20-49-5)50-7-2)19-21-11-10-12-22(16-21)24-13-14-27(41)29-25(24)17-23-18-26-31(39(3)4)33(43)30(36(38)46)35(45)37(26,47)34(44)28(23)32(29)42/h10-14,16,23,26,28,30-31,41,47H,6-9,15,17-20H2,1-5H3,(H2,38,46)/t23-,26+,28?,30?,31+,37-,51?/m0/s1. The number of aliphatic hydroxyl groups is 1. The van der Waals surface area contributed by atoms with E-state index in [1.165, 1.54) is 18.1 Å². The van der Waals surface area contributed by atoms with Crippen LogP contribution in [0.25, 0.3) is 11.1 Å². The van der Waals surface area contributed by atoms with Gasteiger partial charge in [0.05, 0.1) is 24.1 Å². The van der Waals surface area contributed by atoms with E-state index in [4.69, 9.17) is 15.0 Å². The van der Waals surface area contributed by atoms with Gasteiger partial charge in [-0.15, -0.1) is 0 Å². The highest BCUT2D eigenvalue weighted by Gasteiger charge is 2.69. The molecule has 2 aromatic rings. The highest BCUT2D eigenvalue weighted by Crippen LogP contribution is 2.53. The van der Waals surface area contributed by atoms with Gasteiger partial charge in [-0.05, 0) is 80.6 Å². The molecule has 276 valence electrons. The van der Waals surface area contributed by atoms with Gasteiger partial charge in [0.1, 0.15) is 12.1 Å². The molecule has 2 fully saturated rings. The number of aromatic hydroxyl groups is 1. The molecule has 13 nitrogen and oxygen atoms in total. The van der Waals surface area contributed by atoms with E-state index in [-0.39, 0.29) is 37.1 Å². The van der Waals surface area contributed by atoms with Gasteiger partial charge in [-0.2, -0.15) is 0 Å². The molecule has 7 atom stereocenters. The monoisotopic (exact) mass is 725 g/mol. The van der Waals surface area contributed by atoms with Gasteiger partial charge < -0.3 is 25.2 Å². The number of phenols is 1. The number of rotatable bonds is 14. The number of fused-ring (bicyclic) bond motifs is 3. The Hall–Kier alpha value is -3.58. The van der Waals surface area contributed by atoms with E-state index in [1.54, 1.807) is 27.1 Å². The number of carbonyl (C=O) groups excluding carboxylic acids is 5. The maximum Gasteiger partial charge on any atom is 0.297 e. The molecule has 14 heteroatoms. The van der Waals surface area contributed by atoms with Gasteiger partial charge in [0.2, 0.25) is 5.91 Å². The minimum Gasteiger partial charge on any atom is -0.507 e. The second-order valence-corrected chi connectivity index (χ2v) is 16.4. The predicted molar refractivity (Wildman–Crippen MR) is 188 cm³/mol. The van der Waals surface area contributed by atoms with Crippen LogP contribution in [0.2, 0.25) is 0 Å². The van der Waals surface area contributed by atoms with Crippen molar-refractivity contribution >= 4 is 36.6 Å². The van der Waals surface area contributed by atoms with Crippen molar-refractivity contribution < 1.29 is 48.0 Å². The molecule has 0 spiro atoms. The second-order valence-electron chi connectivity index (χ2n) is 14.0. The zero-order valence-electron chi connectivity index (χ0n) is 29.8.